The first-order valence-electron chi connectivity index (χ1n) is 11.1. The molecule has 1 saturated heterocycles. The van der Waals surface area contributed by atoms with Gasteiger partial charge in [0, 0.05) is 82.5 Å². The van der Waals surface area contributed by atoms with Gasteiger partial charge in [-0.05, 0) is 24.1 Å². The Morgan fingerprint density at radius 3 is 2.61 bits per heavy atom. The largest absolute Gasteiger partial charge is 0.681 e. The Bertz CT molecular complexity index is 1220. The standard InChI is InChI=1S/C25H27N4O3.Y/c1-17-2-4-18(5-3-17)14-27-25(31)21-16-29-7-6-26-22-13-19(12-20(23(22)29)24(21)30)15-28-8-10-32-11-9-28;/h2-5,12-13,16H,6-11,14-15H2,1H3,(H,27,31);/q-1;. The van der Waals surface area contributed by atoms with Gasteiger partial charge in [-0.1, -0.05) is 35.9 Å². The van der Waals surface area contributed by atoms with E-state index in [2.05, 4.69) is 21.6 Å². The van der Waals surface area contributed by atoms with Crippen molar-refractivity contribution in [3.8, 4) is 0 Å². The van der Waals surface area contributed by atoms with E-state index in [9.17, 15) is 9.59 Å². The molecule has 8 heteroatoms. The van der Waals surface area contributed by atoms with Crippen molar-refractivity contribution in [2.75, 3.05) is 32.8 Å². The molecule has 0 saturated carbocycles. The molecule has 0 atom stereocenters. The summed E-state index contributed by atoms with van der Waals surface area (Å²) in [6.07, 6.45) is 1.69. The van der Waals surface area contributed by atoms with Gasteiger partial charge in [0.05, 0.1) is 13.2 Å². The minimum atomic E-state index is -0.344. The Morgan fingerprint density at radius 1 is 1.09 bits per heavy atom. The number of carbonyl (C=O) groups excluding carboxylic acids is 1. The SMILES string of the molecule is Cc1ccc(CNC(=O)c2cn3c4c(cc(CN5CCOCC5)cc4c2=O)[N-]CC3)cc1.[Y]. The molecule has 3 aromatic rings. The minimum absolute atomic E-state index is 0. The fourth-order valence-electron chi connectivity index (χ4n) is 4.41. The van der Waals surface area contributed by atoms with E-state index in [1.165, 1.54) is 5.56 Å². The molecule has 0 unspecified atom stereocenters. The summed E-state index contributed by atoms with van der Waals surface area (Å²) in [7, 11) is 0. The molecule has 169 valence electrons. The number of carbonyl (C=O) groups is 1. The number of amides is 1. The van der Waals surface area contributed by atoms with Crippen LogP contribution in [0.2, 0.25) is 0 Å². The second-order valence-corrected chi connectivity index (χ2v) is 8.51. The molecular formula is C25H27N4O3Y-. The predicted octanol–water partition coefficient (Wildman–Crippen LogP) is 3.09. The predicted molar refractivity (Wildman–Crippen MR) is 125 cm³/mol. The monoisotopic (exact) mass is 520 g/mol. The Morgan fingerprint density at radius 2 is 1.85 bits per heavy atom. The Hall–Kier alpha value is -2.06. The zero-order chi connectivity index (χ0) is 22.1. The van der Waals surface area contributed by atoms with Crippen LogP contribution < -0.4 is 10.7 Å². The van der Waals surface area contributed by atoms with Crippen LogP contribution >= 0.6 is 0 Å². The molecule has 1 radical (unpaired) electrons. The summed E-state index contributed by atoms with van der Waals surface area (Å²) < 4.78 is 7.44. The summed E-state index contributed by atoms with van der Waals surface area (Å²) in [6.45, 7) is 7.64. The third-order valence-corrected chi connectivity index (χ3v) is 6.16. The summed E-state index contributed by atoms with van der Waals surface area (Å²) in [6, 6.07) is 12.0. The van der Waals surface area contributed by atoms with Crippen molar-refractivity contribution >= 4 is 22.5 Å². The van der Waals surface area contributed by atoms with E-state index in [1.54, 1.807) is 6.20 Å². The quantitative estimate of drug-likeness (QED) is 0.561. The van der Waals surface area contributed by atoms with Gasteiger partial charge in [0.25, 0.3) is 5.91 Å². The van der Waals surface area contributed by atoms with Gasteiger partial charge in [0.1, 0.15) is 5.56 Å². The van der Waals surface area contributed by atoms with Gasteiger partial charge in [-0.3, -0.25) is 14.5 Å². The Labute approximate surface area is 218 Å². The number of benzene rings is 2. The average molecular weight is 520 g/mol. The first-order valence-corrected chi connectivity index (χ1v) is 11.1. The van der Waals surface area contributed by atoms with Crippen molar-refractivity contribution in [2.24, 2.45) is 0 Å². The van der Waals surface area contributed by atoms with E-state index in [4.69, 9.17) is 4.74 Å². The molecule has 0 aliphatic carbocycles. The zero-order valence-electron chi connectivity index (χ0n) is 18.8. The van der Waals surface area contributed by atoms with Crippen LogP contribution in [0.25, 0.3) is 16.2 Å². The third kappa shape index (κ3) is 5.22. The molecule has 2 aromatic carbocycles. The van der Waals surface area contributed by atoms with E-state index < -0.39 is 0 Å². The van der Waals surface area contributed by atoms with Crippen molar-refractivity contribution in [3.63, 3.8) is 0 Å². The molecule has 5 rings (SSSR count). The molecule has 3 heterocycles. The fraction of sp³-hybridized carbons (Fsp3) is 0.360. The van der Waals surface area contributed by atoms with Gasteiger partial charge in [-0.15, -0.1) is 12.2 Å². The van der Waals surface area contributed by atoms with Gasteiger partial charge in [-0.25, -0.2) is 0 Å². The maximum atomic E-state index is 13.4. The molecule has 7 nitrogen and oxygen atoms in total. The number of morpholine rings is 1. The summed E-state index contributed by atoms with van der Waals surface area (Å²) in [4.78, 5) is 28.6. The number of nitrogens with zero attached hydrogens (tertiary/aromatic N) is 3. The van der Waals surface area contributed by atoms with E-state index in [-0.39, 0.29) is 49.6 Å². The maximum Gasteiger partial charge on any atom is 0.257 e. The smallest absolute Gasteiger partial charge is 0.257 e. The van der Waals surface area contributed by atoms with Gasteiger partial charge in [0.15, 0.2) is 0 Å². The van der Waals surface area contributed by atoms with Crippen LogP contribution in [0.3, 0.4) is 0 Å². The van der Waals surface area contributed by atoms with Gasteiger partial charge in [0.2, 0.25) is 5.43 Å². The van der Waals surface area contributed by atoms with Gasteiger partial charge >= 0.3 is 0 Å². The summed E-state index contributed by atoms with van der Waals surface area (Å²) in [5.41, 5.74) is 4.81. The molecule has 2 aliphatic rings. The minimum Gasteiger partial charge on any atom is -0.681 e. The van der Waals surface area contributed by atoms with E-state index in [1.807, 2.05) is 41.8 Å². The van der Waals surface area contributed by atoms with Gasteiger partial charge < -0.3 is 19.9 Å². The van der Waals surface area contributed by atoms with Crippen molar-refractivity contribution in [3.05, 3.63) is 80.4 Å². The number of hydrogen-bond acceptors (Lipinski definition) is 4. The van der Waals surface area contributed by atoms with Crippen molar-refractivity contribution < 1.29 is 42.2 Å². The first kappa shape index (κ1) is 24.1. The summed E-state index contributed by atoms with van der Waals surface area (Å²) in [5, 5.41) is 8.13. The Balaban J connectivity index is 0.00000259. The van der Waals surface area contributed by atoms with Crippen LogP contribution in [-0.4, -0.2) is 48.2 Å². The maximum absolute atomic E-state index is 13.4. The van der Waals surface area contributed by atoms with E-state index >= 15 is 0 Å². The van der Waals surface area contributed by atoms with Crippen LogP contribution in [0.4, 0.5) is 5.69 Å². The van der Waals surface area contributed by atoms with Crippen molar-refractivity contribution in [2.45, 2.75) is 26.6 Å². The number of rotatable bonds is 5. The van der Waals surface area contributed by atoms with E-state index in [0.717, 1.165) is 55.2 Å². The molecule has 1 fully saturated rings. The second-order valence-electron chi connectivity index (χ2n) is 8.51. The first-order chi connectivity index (χ1) is 15.6. The van der Waals surface area contributed by atoms with Crippen LogP contribution in [-0.2, 0) is 57.1 Å². The topological polar surface area (TPSA) is 77.7 Å². The molecule has 0 spiro atoms. The zero-order valence-corrected chi connectivity index (χ0v) is 21.7. The molecule has 2 aliphatic heterocycles. The van der Waals surface area contributed by atoms with Crippen LogP contribution in [0.5, 0.6) is 0 Å². The number of hydrogen-bond donors (Lipinski definition) is 1. The number of nitrogens with one attached hydrogen (secondary N) is 1. The molecular weight excluding hydrogens is 493 g/mol. The van der Waals surface area contributed by atoms with E-state index in [0.29, 0.717) is 25.0 Å². The Kier molecular flexibility index (Phi) is 7.64. The third-order valence-electron chi connectivity index (χ3n) is 6.16. The average Bonchev–Trinajstić information content (AvgIpc) is 2.81. The molecule has 0 bridgehead atoms. The van der Waals surface area contributed by atoms with Crippen LogP contribution in [0, 0.1) is 6.92 Å². The molecule has 1 aromatic heterocycles. The van der Waals surface area contributed by atoms with Gasteiger partial charge in [-0.2, -0.15) is 0 Å². The molecule has 1 amide bonds. The van der Waals surface area contributed by atoms with Crippen molar-refractivity contribution in [1.82, 2.24) is 14.8 Å². The molecule has 33 heavy (non-hydrogen) atoms. The number of aryl methyl sites for hydroxylation is 1. The van der Waals surface area contributed by atoms with Crippen LogP contribution in [0.1, 0.15) is 27.0 Å². The number of pyridine rings is 1. The normalized spacial score (nSPS) is 15.5. The van der Waals surface area contributed by atoms with Crippen molar-refractivity contribution in [1.29, 1.82) is 0 Å². The summed E-state index contributed by atoms with van der Waals surface area (Å²) in [5.74, 6) is -0.344. The number of aromatic nitrogens is 1. The van der Waals surface area contributed by atoms with Crippen LogP contribution in [0.15, 0.2) is 47.4 Å². The summed E-state index contributed by atoms with van der Waals surface area (Å²) >= 11 is 0. The fourth-order valence-corrected chi connectivity index (χ4v) is 4.41. The second kappa shape index (κ2) is 10.5. The number of ether oxygens (including phenoxy) is 1. The molecule has 1 N–H and O–H groups in total.